The van der Waals surface area contributed by atoms with Gasteiger partial charge >= 0.3 is 0 Å². The maximum absolute atomic E-state index is 12.3. The number of amides is 1. The minimum atomic E-state index is -3.49. The van der Waals surface area contributed by atoms with E-state index in [1.807, 2.05) is 18.2 Å². The van der Waals surface area contributed by atoms with Gasteiger partial charge in [-0.3, -0.25) is 9.52 Å². The van der Waals surface area contributed by atoms with Crippen LogP contribution in [0.5, 0.6) is 5.75 Å². The van der Waals surface area contributed by atoms with Crippen LogP contribution < -0.4 is 14.8 Å². The summed E-state index contributed by atoms with van der Waals surface area (Å²) in [6.07, 6.45) is 1.31. The molecule has 0 saturated carbocycles. The first-order valence-corrected chi connectivity index (χ1v) is 10.7. The molecule has 3 aromatic rings. The molecule has 0 fully saturated rings. The summed E-state index contributed by atoms with van der Waals surface area (Å²) in [5.74, 6) is -0.0698. The lowest BCUT2D eigenvalue weighted by Crippen LogP contribution is -2.24. The first kappa shape index (κ1) is 17.7. The van der Waals surface area contributed by atoms with E-state index in [1.165, 1.54) is 7.11 Å². The number of methoxy groups -OCH3 is 1. The number of carbonyl (C=O) groups is 1. The molecule has 10 heteroatoms. The fourth-order valence-electron chi connectivity index (χ4n) is 3.32. The van der Waals surface area contributed by atoms with Crippen LogP contribution in [-0.4, -0.2) is 36.4 Å². The van der Waals surface area contributed by atoms with Gasteiger partial charge in [0.1, 0.15) is 16.8 Å². The molecular weight excluding hydrogens is 388 g/mol. The Balaban J connectivity index is 1.91. The van der Waals surface area contributed by atoms with E-state index in [2.05, 4.69) is 18.8 Å². The van der Waals surface area contributed by atoms with Crippen molar-refractivity contribution in [2.24, 2.45) is 0 Å². The van der Waals surface area contributed by atoms with Crippen LogP contribution in [0.1, 0.15) is 23.5 Å². The molecule has 1 aliphatic rings. The second-order valence-corrected chi connectivity index (χ2v) is 8.57. The maximum atomic E-state index is 12.3. The highest BCUT2D eigenvalue weighted by Crippen LogP contribution is 2.43. The van der Waals surface area contributed by atoms with E-state index in [9.17, 15) is 13.2 Å². The summed E-state index contributed by atoms with van der Waals surface area (Å²) in [4.78, 5) is 12.3. The number of anilines is 2. The Hall–Kier alpha value is -2.72. The molecule has 27 heavy (non-hydrogen) atoms. The lowest BCUT2D eigenvalue weighted by molar-refractivity contribution is -0.116. The molecule has 0 saturated heterocycles. The largest absolute Gasteiger partial charge is 0.494 e. The predicted molar refractivity (Wildman–Crippen MR) is 104 cm³/mol. The van der Waals surface area contributed by atoms with Crippen LogP contribution in [0, 0.1) is 0 Å². The van der Waals surface area contributed by atoms with E-state index >= 15 is 0 Å². The SMILES string of the molecule is COc1cc2c(cc1NS(C)(=O)=O)[C@H](c1cccc3nsnc13)CC(=O)N2. The number of carbonyl (C=O) groups excluding carboxylic acids is 1. The van der Waals surface area contributed by atoms with Crippen molar-refractivity contribution >= 4 is 50.1 Å². The third-order valence-corrected chi connectivity index (χ3v) is 5.53. The molecule has 2 N–H and O–H groups in total. The van der Waals surface area contributed by atoms with Crippen molar-refractivity contribution < 1.29 is 17.9 Å². The molecule has 140 valence electrons. The van der Waals surface area contributed by atoms with E-state index < -0.39 is 10.0 Å². The highest BCUT2D eigenvalue weighted by Gasteiger charge is 2.30. The highest BCUT2D eigenvalue weighted by atomic mass is 32.2. The molecule has 0 spiro atoms. The Morgan fingerprint density at radius 1 is 1.26 bits per heavy atom. The van der Waals surface area contributed by atoms with E-state index in [1.54, 1.807) is 12.1 Å². The van der Waals surface area contributed by atoms with Crippen LogP contribution in [0.3, 0.4) is 0 Å². The van der Waals surface area contributed by atoms with Crippen LogP contribution in [0.15, 0.2) is 30.3 Å². The van der Waals surface area contributed by atoms with E-state index in [0.29, 0.717) is 17.1 Å². The van der Waals surface area contributed by atoms with Crippen molar-refractivity contribution in [2.75, 3.05) is 23.4 Å². The summed E-state index contributed by atoms with van der Waals surface area (Å²) < 4.78 is 39.9. The maximum Gasteiger partial charge on any atom is 0.229 e. The Morgan fingerprint density at radius 3 is 2.81 bits per heavy atom. The van der Waals surface area contributed by atoms with E-state index in [4.69, 9.17) is 4.74 Å². The molecule has 0 unspecified atom stereocenters. The van der Waals surface area contributed by atoms with Gasteiger partial charge in [-0.2, -0.15) is 8.75 Å². The molecule has 2 aromatic carbocycles. The Morgan fingerprint density at radius 2 is 2.07 bits per heavy atom. The quantitative estimate of drug-likeness (QED) is 0.691. The van der Waals surface area contributed by atoms with E-state index in [0.717, 1.165) is 40.1 Å². The smallest absolute Gasteiger partial charge is 0.229 e. The highest BCUT2D eigenvalue weighted by molar-refractivity contribution is 7.92. The second-order valence-electron chi connectivity index (χ2n) is 6.30. The van der Waals surface area contributed by atoms with Crippen molar-refractivity contribution in [3.8, 4) is 5.75 Å². The van der Waals surface area contributed by atoms with E-state index in [-0.39, 0.29) is 18.2 Å². The summed E-state index contributed by atoms with van der Waals surface area (Å²) >= 11 is 1.12. The predicted octanol–water partition coefficient (Wildman–Crippen LogP) is 2.55. The third-order valence-electron chi connectivity index (χ3n) is 4.40. The van der Waals surface area contributed by atoms with Gasteiger partial charge in [-0.25, -0.2) is 8.42 Å². The van der Waals surface area contributed by atoms with Gasteiger partial charge in [0.15, 0.2) is 0 Å². The molecule has 2 heterocycles. The normalized spacial score (nSPS) is 16.7. The first-order valence-electron chi connectivity index (χ1n) is 8.06. The van der Waals surface area contributed by atoms with Crippen LogP contribution in [0.2, 0.25) is 0 Å². The first-order chi connectivity index (χ1) is 12.9. The number of aromatic nitrogens is 2. The summed E-state index contributed by atoms with van der Waals surface area (Å²) in [7, 11) is -2.05. The van der Waals surface area contributed by atoms with Crippen molar-refractivity contribution in [3.63, 3.8) is 0 Å². The number of sulfonamides is 1. The zero-order valence-corrected chi connectivity index (χ0v) is 16.1. The lowest BCUT2D eigenvalue weighted by Gasteiger charge is -2.27. The van der Waals surface area contributed by atoms with Gasteiger partial charge in [-0.05, 0) is 23.3 Å². The molecule has 1 aliphatic heterocycles. The number of benzene rings is 2. The molecular formula is C17H16N4O4S2. The topological polar surface area (TPSA) is 110 Å². The Kier molecular flexibility index (Phi) is 4.23. The number of rotatable bonds is 4. The summed E-state index contributed by atoms with van der Waals surface area (Å²) in [6, 6.07) is 9.01. The number of fused-ring (bicyclic) bond motifs is 2. The molecule has 1 atom stereocenters. The Bertz CT molecular complexity index is 1160. The molecule has 8 nitrogen and oxygen atoms in total. The molecule has 1 aromatic heterocycles. The number of ether oxygens (including phenoxy) is 1. The zero-order chi connectivity index (χ0) is 19.2. The Labute approximate surface area is 159 Å². The second kappa shape index (κ2) is 6.46. The molecule has 0 radical (unpaired) electrons. The monoisotopic (exact) mass is 404 g/mol. The lowest BCUT2D eigenvalue weighted by atomic mass is 9.84. The zero-order valence-electron chi connectivity index (χ0n) is 14.5. The van der Waals surface area contributed by atoms with Crippen LogP contribution in [0.4, 0.5) is 11.4 Å². The number of nitrogens with one attached hydrogen (secondary N) is 2. The van der Waals surface area contributed by atoms with Crippen molar-refractivity contribution in [1.29, 1.82) is 0 Å². The van der Waals surface area contributed by atoms with Crippen molar-refractivity contribution in [1.82, 2.24) is 8.75 Å². The number of hydrogen-bond acceptors (Lipinski definition) is 7. The molecule has 0 aliphatic carbocycles. The molecule has 4 rings (SSSR count). The van der Waals surface area contributed by atoms with Crippen molar-refractivity contribution in [3.05, 3.63) is 41.5 Å². The van der Waals surface area contributed by atoms with Crippen LogP contribution in [0.25, 0.3) is 11.0 Å². The summed E-state index contributed by atoms with van der Waals surface area (Å²) in [5.41, 5.74) is 4.11. The van der Waals surface area contributed by atoms with Gasteiger partial charge in [0.05, 0.1) is 30.8 Å². The minimum absolute atomic E-state index is 0.126. The van der Waals surface area contributed by atoms with Gasteiger partial charge in [0.2, 0.25) is 15.9 Å². The average molecular weight is 404 g/mol. The van der Waals surface area contributed by atoms with Gasteiger partial charge in [-0.1, -0.05) is 12.1 Å². The molecule has 1 amide bonds. The third kappa shape index (κ3) is 3.33. The number of nitrogens with zero attached hydrogens (tertiary/aromatic N) is 2. The molecule has 0 bridgehead atoms. The fraction of sp³-hybridized carbons (Fsp3) is 0.235. The van der Waals surface area contributed by atoms with Crippen LogP contribution >= 0.6 is 11.7 Å². The van der Waals surface area contributed by atoms with Gasteiger partial charge in [-0.15, -0.1) is 0 Å². The standard InChI is InChI=1S/C17H16N4O4S2/c1-25-15-8-13-11(6-14(15)21-27(2,23)24)10(7-16(22)18-13)9-4-3-5-12-17(9)20-26-19-12/h3-6,8,10,21H,7H2,1-2H3,(H,18,22)/t10-/m0/s1. The minimum Gasteiger partial charge on any atom is -0.494 e. The average Bonchev–Trinajstić information content (AvgIpc) is 3.08. The summed E-state index contributed by atoms with van der Waals surface area (Å²) in [6.45, 7) is 0. The number of hydrogen-bond donors (Lipinski definition) is 2. The van der Waals surface area contributed by atoms with Gasteiger partial charge in [0.25, 0.3) is 0 Å². The van der Waals surface area contributed by atoms with Gasteiger partial charge < -0.3 is 10.1 Å². The van der Waals surface area contributed by atoms with Crippen molar-refractivity contribution in [2.45, 2.75) is 12.3 Å². The fourth-order valence-corrected chi connectivity index (χ4v) is 4.44. The summed E-state index contributed by atoms with van der Waals surface area (Å²) in [5, 5.41) is 2.84. The van der Waals surface area contributed by atoms with Gasteiger partial charge in [0, 0.05) is 24.1 Å². The van der Waals surface area contributed by atoms with Crippen LogP contribution in [-0.2, 0) is 14.8 Å².